The standard InChI is InChI=1S/C21H17BrN2O2S/c1-12-16(10-18(26-12)13-6-8-14(22)9-7-13)20(25)24-21-17(11-23)15-4-2-3-5-19(15)27-21/h6-10H,2-5H2,1H3,(H,24,25). The molecule has 4 rings (SSSR count). The molecule has 0 bridgehead atoms. The van der Waals surface area contributed by atoms with Crippen molar-refractivity contribution in [3.63, 3.8) is 0 Å². The van der Waals surface area contributed by atoms with Crippen LogP contribution in [0.3, 0.4) is 0 Å². The number of carbonyl (C=O) groups excluding carboxylic acids is 1. The first-order valence-electron chi connectivity index (χ1n) is 8.79. The molecule has 0 aliphatic heterocycles. The number of carbonyl (C=O) groups is 1. The molecule has 1 aromatic carbocycles. The predicted octanol–water partition coefficient (Wildman–Crippen LogP) is 6.08. The molecule has 1 amide bonds. The van der Waals surface area contributed by atoms with Crippen LogP contribution in [0, 0.1) is 18.3 Å². The minimum Gasteiger partial charge on any atom is -0.461 e. The van der Waals surface area contributed by atoms with Crippen molar-refractivity contribution in [1.29, 1.82) is 5.26 Å². The van der Waals surface area contributed by atoms with E-state index in [9.17, 15) is 10.1 Å². The van der Waals surface area contributed by atoms with E-state index < -0.39 is 0 Å². The highest BCUT2D eigenvalue weighted by Gasteiger charge is 2.23. The molecular weight excluding hydrogens is 424 g/mol. The van der Waals surface area contributed by atoms with Crippen LogP contribution in [0.15, 0.2) is 39.2 Å². The van der Waals surface area contributed by atoms with Gasteiger partial charge in [-0.05, 0) is 56.4 Å². The fraction of sp³-hybridized carbons (Fsp3) is 0.238. The Morgan fingerprint density at radius 3 is 2.74 bits per heavy atom. The van der Waals surface area contributed by atoms with Gasteiger partial charge in [0.05, 0.1) is 11.1 Å². The van der Waals surface area contributed by atoms with Crippen LogP contribution in [0.5, 0.6) is 0 Å². The molecule has 0 saturated carbocycles. The molecule has 0 spiro atoms. The maximum atomic E-state index is 12.8. The van der Waals surface area contributed by atoms with Crippen molar-refractivity contribution in [3.8, 4) is 17.4 Å². The van der Waals surface area contributed by atoms with E-state index >= 15 is 0 Å². The van der Waals surface area contributed by atoms with Gasteiger partial charge in [-0.1, -0.05) is 28.1 Å². The van der Waals surface area contributed by atoms with Gasteiger partial charge in [0, 0.05) is 14.9 Å². The molecule has 1 N–H and O–H groups in total. The summed E-state index contributed by atoms with van der Waals surface area (Å²) in [6, 6.07) is 11.8. The Hall–Kier alpha value is -2.36. The summed E-state index contributed by atoms with van der Waals surface area (Å²) in [5, 5.41) is 13.2. The van der Waals surface area contributed by atoms with Crippen LogP contribution in [0.4, 0.5) is 5.00 Å². The minimum atomic E-state index is -0.241. The number of benzene rings is 1. The number of hydrogen-bond donors (Lipinski definition) is 1. The molecule has 1 aliphatic rings. The van der Waals surface area contributed by atoms with Crippen LogP contribution >= 0.6 is 27.3 Å². The monoisotopic (exact) mass is 440 g/mol. The maximum Gasteiger partial charge on any atom is 0.259 e. The van der Waals surface area contributed by atoms with Crippen LogP contribution in [0.25, 0.3) is 11.3 Å². The summed E-state index contributed by atoms with van der Waals surface area (Å²) in [5.74, 6) is 0.969. The van der Waals surface area contributed by atoms with E-state index in [2.05, 4.69) is 27.3 Å². The largest absolute Gasteiger partial charge is 0.461 e. The number of aryl methyl sites for hydroxylation is 2. The van der Waals surface area contributed by atoms with Gasteiger partial charge < -0.3 is 9.73 Å². The molecule has 0 saturated heterocycles. The number of halogens is 1. The quantitative estimate of drug-likeness (QED) is 0.536. The molecule has 0 atom stereocenters. The summed E-state index contributed by atoms with van der Waals surface area (Å²) in [4.78, 5) is 14.1. The Morgan fingerprint density at radius 2 is 2.00 bits per heavy atom. The summed E-state index contributed by atoms with van der Waals surface area (Å²) < 4.78 is 6.78. The first kappa shape index (κ1) is 18.0. The predicted molar refractivity (Wildman–Crippen MR) is 110 cm³/mol. The van der Waals surface area contributed by atoms with Gasteiger partial charge in [-0.15, -0.1) is 11.3 Å². The zero-order chi connectivity index (χ0) is 19.0. The second-order valence-electron chi connectivity index (χ2n) is 6.57. The number of fused-ring (bicyclic) bond motifs is 1. The average Bonchev–Trinajstić information content (AvgIpc) is 3.22. The first-order chi connectivity index (χ1) is 13.1. The zero-order valence-corrected chi connectivity index (χ0v) is 17.2. The number of amides is 1. The van der Waals surface area contributed by atoms with Crippen LogP contribution in [0.1, 0.15) is 45.0 Å². The number of nitriles is 1. The first-order valence-corrected chi connectivity index (χ1v) is 10.4. The molecule has 0 fully saturated rings. The lowest BCUT2D eigenvalue weighted by atomic mass is 9.96. The van der Waals surface area contributed by atoms with E-state index in [1.54, 1.807) is 13.0 Å². The molecule has 4 nitrogen and oxygen atoms in total. The highest BCUT2D eigenvalue weighted by atomic mass is 79.9. The number of hydrogen-bond acceptors (Lipinski definition) is 4. The topological polar surface area (TPSA) is 66.0 Å². The molecule has 2 heterocycles. The van der Waals surface area contributed by atoms with Gasteiger partial charge in [-0.3, -0.25) is 4.79 Å². The van der Waals surface area contributed by atoms with Gasteiger partial charge in [0.2, 0.25) is 0 Å². The molecule has 2 aromatic heterocycles. The fourth-order valence-corrected chi connectivity index (χ4v) is 4.91. The van der Waals surface area contributed by atoms with E-state index in [1.807, 2.05) is 24.3 Å². The SMILES string of the molecule is Cc1oc(-c2ccc(Br)cc2)cc1C(=O)Nc1sc2c(c1C#N)CCCC2. The third-order valence-electron chi connectivity index (χ3n) is 4.80. The van der Waals surface area contributed by atoms with E-state index in [1.165, 1.54) is 16.2 Å². The Kier molecular flexibility index (Phi) is 4.90. The summed E-state index contributed by atoms with van der Waals surface area (Å²) in [6.07, 6.45) is 4.15. The number of thiophene rings is 1. The number of nitrogens with zero attached hydrogens (tertiary/aromatic N) is 1. The van der Waals surface area contributed by atoms with E-state index in [4.69, 9.17) is 4.42 Å². The van der Waals surface area contributed by atoms with Gasteiger partial charge in [-0.25, -0.2) is 0 Å². The highest BCUT2D eigenvalue weighted by molar-refractivity contribution is 9.10. The molecule has 1 aliphatic carbocycles. The lowest BCUT2D eigenvalue weighted by Gasteiger charge is -2.09. The Labute approximate surface area is 170 Å². The number of anilines is 1. The summed E-state index contributed by atoms with van der Waals surface area (Å²) in [7, 11) is 0. The molecule has 3 aromatic rings. The molecular formula is C21H17BrN2O2S. The normalized spacial score (nSPS) is 13.1. The Balaban J connectivity index is 1.62. The van der Waals surface area contributed by atoms with Crippen LogP contribution in [0.2, 0.25) is 0 Å². The van der Waals surface area contributed by atoms with Crippen molar-refractivity contribution < 1.29 is 9.21 Å². The number of nitrogens with one attached hydrogen (secondary N) is 1. The zero-order valence-electron chi connectivity index (χ0n) is 14.8. The van der Waals surface area contributed by atoms with Crippen LogP contribution in [-0.4, -0.2) is 5.91 Å². The summed E-state index contributed by atoms with van der Waals surface area (Å²) in [6.45, 7) is 1.78. The Morgan fingerprint density at radius 1 is 1.26 bits per heavy atom. The maximum absolute atomic E-state index is 12.8. The van der Waals surface area contributed by atoms with Crippen LogP contribution in [-0.2, 0) is 12.8 Å². The number of furan rings is 1. The van der Waals surface area contributed by atoms with Gasteiger partial charge in [0.15, 0.2) is 0 Å². The Bertz CT molecular complexity index is 1060. The number of rotatable bonds is 3. The molecule has 0 radical (unpaired) electrons. The van der Waals surface area contributed by atoms with Crippen molar-refractivity contribution in [2.75, 3.05) is 5.32 Å². The van der Waals surface area contributed by atoms with Gasteiger partial charge >= 0.3 is 0 Å². The second kappa shape index (κ2) is 7.34. The van der Waals surface area contributed by atoms with Crippen molar-refractivity contribution in [3.05, 3.63) is 62.1 Å². The van der Waals surface area contributed by atoms with Crippen LogP contribution < -0.4 is 5.32 Å². The lowest BCUT2D eigenvalue weighted by molar-refractivity contribution is 0.102. The van der Waals surface area contributed by atoms with E-state index in [0.29, 0.717) is 27.6 Å². The molecule has 136 valence electrons. The molecule has 6 heteroatoms. The minimum absolute atomic E-state index is 0.241. The van der Waals surface area contributed by atoms with Gasteiger partial charge in [0.25, 0.3) is 5.91 Å². The third-order valence-corrected chi connectivity index (χ3v) is 6.54. The molecule has 0 unspecified atom stereocenters. The summed E-state index contributed by atoms with van der Waals surface area (Å²) in [5.41, 5.74) is 3.13. The molecule has 27 heavy (non-hydrogen) atoms. The highest BCUT2D eigenvalue weighted by Crippen LogP contribution is 2.38. The fourth-order valence-electron chi connectivity index (χ4n) is 3.41. The van der Waals surface area contributed by atoms with Crippen molar-refractivity contribution in [1.82, 2.24) is 0 Å². The second-order valence-corrected chi connectivity index (χ2v) is 8.59. The van der Waals surface area contributed by atoms with Crippen molar-refractivity contribution in [2.45, 2.75) is 32.6 Å². The van der Waals surface area contributed by atoms with Gasteiger partial charge in [-0.2, -0.15) is 5.26 Å². The van der Waals surface area contributed by atoms with Crippen molar-refractivity contribution >= 4 is 38.2 Å². The average molecular weight is 441 g/mol. The van der Waals surface area contributed by atoms with Gasteiger partial charge in [0.1, 0.15) is 22.6 Å². The lowest BCUT2D eigenvalue weighted by Crippen LogP contribution is -2.12. The van der Waals surface area contributed by atoms with E-state index in [0.717, 1.165) is 41.3 Å². The third kappa shape index (κ3) is 3.45. The summed E-state index contributed by atoms with van der Waals surface area (Å²) >= 11 is 4.95. The van der Waals surface area contributed by atoms with E-state index in [-0.39, 0.29) is 5.91 Å². The van der Waals surface area contributed by atoms with Crippen molar-refractivity contribution in [2.24, 2.45) is 0 Å². The smallest absolute Gasteiger partial charge is 0.259 e.